The summed E-state index contributed by atoms with van der Waals surface area (Å²) in [6.07, 6.45) is 2.91. The van der Waals surface area contributed by atoms with Gasteiger partial charge in [-0.05, 0) is 30.9 Å². The fraction of sp³-hybridized carbons (Fsp3) is 0.429. The molecule has 0 unspecified atom stereocenters. The van der Waals surface area contributed by atoms with Gasteiger partial charge >= 0.3 is 0 Å². The fourth-order valence-corrected chi connectivity index (χ4v) is 4.04. The predicted octanol–water partition coefficient (Wildman–Crippen LogP) is 4.12. The van der Waals surface area contributed by atoms with Crippen molar-refractivity contribution in [3.63, 3.8) is 0 Å². The Morgan fingerprint density at radius 3 is 2.56 bits per heavy atom. The first-order valence-corrected chi connectivity index (χ1v) is 9.65. The molecule has 2 saturated heterocycles. The SMILES string of the molecule is O=[N+]([O-])c1cc([C@@H]2OCCCN2Cc2ccccc2)ccc1N1CCCC1. The molecule has 142 valence electrons. The van der Waals surface area contributed by atoms with E-state index in [1.54, 1.807) is 6.07 Å². The van der Waals surface area contributed by atoms with Gasteiger partial charge in [0.1, 0.15) is 11.9 Å². The molecule has 0 N–H and O–H groups in total. The van der Waals surface area contributed by atoms with Gasteiger partial charge < -0.3 is 9.64 Å². The first-order chi connectivity index (χ1) is 13.2. The van der Waals surface area contributed by atoms with Crippen molar-refractivity contribution in [1.82, 2.24) is 4.90 Å². The normalized spacial score (nSPS) is 20.7. The molecule has 2 fully saturated rings. The predicted molar refractivity (Wildman–Crippen MR) is 105 cm³/mol. The molecule has 6 nitrogen and oxygen atoms in total. The highest BCUT2D eigenvalue weighted by atomic mass is 16.6. The topological polar surface area (TPSA) is 58.9 Å². The first-order valence-electron chi connectivity index (χ1n) is 9.65. The average Bonchev–Trinajstić information content (AvgIpc) is 3.23. The number of benzene rings is 2. The monoisotopic (exact) mass is 367 g/mol. The Labute approximate surface area is 159 Å². The van der Waals surface area contributed by atoms with Crippen molar-refractivity contribution in [2.75, 3.05) is 31.1 Å². The van der Waals surface area contributed by atoms with Crippen molar-refractivity contribution in [3.8, 4) is 0 Å². The minimum atomic E-state index is -0.262. The zero-order valence-corrected chi connectivity index (χ0v) is 15.4. The maximum absolute atomic E-state index is 11.7. The number of nitro groups is 1. The van der Waals surface area contributed by atoms with Gasteiger partial charge in [-0.15, -0.1) is 0 Å². The summed E-state index contributed by atoms with van der Waals surface area (Å²) in [5.41, 5.74) is 2.99. The molecule has 27 heavy (non-hydrogen) atoms. The van der Waals surface area contributed by atoms with Crippen molar-refractivity contribution in [1.29, 1.82) is 0 Å². The zero-order chi connectivity index (χ0) is 18.6. The van der Waals surface area contributed by atoms with E-state index >= 15 is 0 Å². The van der Waals surface area contributed by atoms with E-state index in [2.05, 4.69) is 21.9 Å². The van der Waals surface area contributed by atoms with Crippen LogP contribution in [0.2, 0.25) is 0 Å². The van der Waals surface area contributed by atoms with E-state index in [0.717, 1.165) is 56.7 Å². The zero-order valence-electron chi connectivity index (χ0n) is 15.4. The number of anilines is 1. The van der Waals surface area contributed by atoms with Gasteiger partial charge in [0.25, 0.3) is 5.69 Å². The largest absolute Gasteiger partial charge is 0.366 e. The Kier molecular flexibility index (Phi) is 5.36. The molecule has 0 aliphatic carbocycles. The number of nitrogens with zero attached hydrogens (tertiary/aromatic N) is 3. The van der Waals surface area contributed by atoms with Gasteiger partial charge in [-0.3, -0.25) is 15.0 Å². The molecule has 0 spiro atoms. The van der Waals surface area contributed by atoms with Crippen LogP contribution in [-0.4, -0.2) is 36.1 Å². The highest BCUT2D eigenvalue weighted by Gasteiger charge is 2.29. The maximum atomic E-state index is 11.7. The van der Waals surface area contributed by atoms with Gasteiger partial charge in [0.15, 0.2) is 0 Å². The van der Waals surface area contributed by atoms with Crippen molar-refractivity contribution in [3.05, 3.63) is 69.8 Å². The smallest absolute Gasteiger partial charge is 0.292 e. The molecule has 2 aromatic carbocycles. The number of nitro benzene ring substituents is 1. The summed E-state index contributed by atoms with van der Waals surface area (Å²) in [6.45, 7) is 4.15. The van der Waals surface area contributed by atoms with E-state index in [1.165, 1.54) is 5.56 Å². The van der Waals surface area contributed by atoms with Crippen molar-refractivity contribution in [2.45, 2.75) is 32.0 Å². The summed E-state index contributed by atoms with van der Waals surface area (Å²) in [7, 11) is 0. The lowest BCUT2D eigenvalue weighted by molar-refractivity contribution is -0.384. The third kappa shape index (κ3) is 3.96. The van der Waals surface area contributed by atoms with Crippen LogP contribution in [0.15, 0.2) is 48.5 Å². The van der Waals surface area contributed by atoms with Gasteiger partial charge in [-0.1, -0.05) is 36.4 Å². The Balaban J connectivity index is 1.61. The summed E-state index contributed by atoms with van der Waals surface area (Å²) in [5, 5.41) is 11.7. The second-order valence-corrected chi connectivity index (χ2v) is 7.23. The van der Waals surface area contributed by atoms with E-state index < -0.39 is 0 Å². The molecule has 1 atom stereocenters. The van der Waals surface area contributed by atoms with Gasteiger partial charge in [0.05, 0.1) is 11.5 Å². The highest BCUT2D eigenvalue weighted by Crippen LogP contribution is 2.36. The molecular weight excluding hydrogens is 342 g/mol. The summed E-state index contributed by atoms with van der Waals surface area (Å²) in [5.74, 6) is 0. The summed E-state index contributed by atoms with van der Waals surface area (Å²) >= 11 is 0. The summed E-state index contributed by atoms with van der Waals surface area (Å²) in [4.78, 5) is 15.8. The minimum Gasteiger partial charge on any atom is -0.366 e. The Morgan fingerprint density at radius 1 is 1.04 bits per heavy atom. The lowest BCUT2D eigenvalue weighted by Crippen LogP contribution is -2.36. The van der Waals surface area contributed by atoms with Crippen LogP contribution in [0.5, 0.6) is 0 Å². The highest BCUT2D eigenvalue weighted by molar-refractivity contribution is 5.65. The molecule has 2 aliphatic rings. The van der Waals surface area contributed by atoms with Crippen LogP contribution in [0, 0.1) is 10.1 Å². The molecule has 0 amide bonds. The Hall–Kier alpha value is -2.44. The van der Waals surface area contributed by atoms with E-state index in [4.69, 9.17) is 4.74 Å². The quantitative estimate of drug-likeness (QED) is 0.588. The maximum Gasteiger partial charge on any atom is 0.292 e. The lowest BCUT2D eigenvalue weighted by atomic mass is 10.1. The molecule has 0 bridgehead atoms. The molecule has 0 saturated carbocycles. The molecule has 0 aromatic heterocycles. The molecule has 0 radical (unpaired) electrons. The average molecular weight is 367 g/mol. The van der Waals surface area contributed by atoms with E-state index in [9.17, 15) is 10.1 Å². The molecule has 2 aromatic rings. The molecular formula is C21H25N3O3. The van der Waals surface area contributed by atoms with Crippen LogP contribution in [0.25, 0.3) is 0 Å². The fourth-order valence-electron chi connectivity index (χ4n) is 4.04. The Morgan fingerprint density at radius 2 is 1.81 bits per heavy atom. The van der Waals surface area contributed by atoms with Crippen molar-refractivity contribution in [2.24, 2.45) is 0 Å². The number of hydrogen-bond acceptors (Lipinski definition) is 5. The Bertz CT molecular complexity index is 791. The second kappa shape index (κ2) is 8.06. The number of rotatable bonds is 5. The van der Waals surface area contributed by atoms with Crippen LogP contribution in [-0.2, 0) is 11.3 Å². The molecule has 6 heteroatoms. The van der Waals surface area contributed by atoms with Crippen LogP contribution >= 0.6 is 0 Å². The van der Waals surface area contributed by atoms with Crippen LogP contribution in [0.1, 0.15) is 36.6 Å². The van der Waals surface area contributed by atoms with Gasteiger partial charge in [0.2, 0.25) is 0 Å². The van der Waals surface area contributed by atoms with Gasteiger partial charge in [-0.2, -0.15) is 0 Å². The van der Waals surface area contributed by atoms with E-state index in [-0.39, 0.29) is 16.8 Å². The number of ether oxygens (including phenoxy) is 1. The van der Waals surface area contributed by atoms with Gasteiger partial charge in [0, 0.05) is 37.8 Å². The van der Waals surface area contributed by atoms with Crippen LogP contribution < -0.4 is 4.90 Å². The standard InChI is InChI=1S/C21H25N3O3/c25-24(26)20-15-18(9-10-19(20)22-11-4-5-12-22)21-23(13-6-14-27-21)16-17-7-2-1-3-8-17/h1-3,7-10,15,21H,4-6,11-14,16H2/t21-/m0/s1. The van der Waals surface area contributed by atoms with Crippen LogP contribution in [0.3, 0.4) is 0 Å². The van der Waals surface area contributed by atoms with Crippen LogP contribution in [0.4, 0.5) is 11.4 Å². The van der Waals surface area contributed by atoms with E-state index in [1.807, 2.05) is 30.3 Å². The van der Waals surface area contributed by atoms with Gasteiger partial charge in [-0.25, -0.2) is 0 Å². The van der Waals surface area contributed by atoms with Crippen molar-refractivity contribution < 1.29 is 9.66 Å². The molecule has 4 rings (SSSR count). The summed E-state index contributed by atoms with van der Waals surface area (Å²) < 4.78 is 6.04. The summed E-state index contributed by atoms with van der Waals surface area (Å²) in [6, 6.07) is 15.9. The number of hydrogen-bond donors (Lipinski definition) is 0. The van der Waals surface area contributed by atoms with Crippen molar-refractivity contribution >= 4 is 11.4 Å². The van der Waals surface area contributed by atoms with E-state index in [0.29, 0.717) is 6.61 Å². The lowest BCUT2D eigenvalue weighted by Gasteiger charge is -2.36. The second-order valence-electron chi connectivity index (χ2n) is 7.23. The third-order valence-electron chi connectivity index (χ3n) is 5.35. The molecule has 2 aliphatic heterocycles. The third-order valence-corrected chi connectivity index (χ3v) is 5.35. The molecule has 2 heterocycles. The minimum absolute atomic E-state index is 0.184. The first kappa shape index (κ1) is 17.9.